The van der Waals surface area contributed by atoms with Gasteiger partial charge in [0, 0.05) is 25.8 Å². The number of methoxy groups -OCH3 is 1. The smallest absolute Gasteiger partial charge is 0.310 e. The molecule has 2 unspecified atom stereocenters. The van der Waals surface area contributed by atoms with Gasteiger partial charge in [-0.3, -0.25) is 14.5 Å². The highest BCUT2D eigenvalue weighted by atomic mass is 16.5. The number of aryl methyl sites for hydroxylation is 1. The molecule has 23 heavy (non-hydrogen) atoms. The van der Waals surface area contributed by atoms with Gasteiger partial charge >= 0.3 is 5.97 Å². The van der Waals surface area contributed by atoms with E-state index in [1.54, 1.807) is 0 Å². The molecule has 1 aliphatic rings. The largest absolute Gasteiger partial charge is 0.469 e. The van der Waals surface area contributed by atoms with Crippen molar-refractivity contribution in [2.75, 3.05) is 33.3 Å². The van der Waals surface area contributed by atoms with E-state index >= 15 is 0 Å². The first-order valence-electron chi connectivity index (χ1n) is 8.15. The highest BCUT2D eigenvalue weighted by Gasteiger charge is 2.36. The number of likely N-dealkylation sites (tertiary alicyclic amines) is 1. The number of hydrogen-bond acceptors (Lipinski definition) is 4. The molecular weight excluding hydrogens is 294 g/mol. The molecule has 0 aromatic carbocycles. The second kappa shape index (κ2) is 7.99. The molecule has 0 bridgehead atoms. The summed E-state index contributed by atoms with van der Waals surface area (Å²) in [5, 5.41) is 7.57. The fourth-order valence-electron chi connectivity index (χ4n) is 2.87. The summed E-state index contributed by atoms with van der Waals surface area (Å²) in [6, 6.07) is 0. The zero-order chi connectivity index (χ0) is 16.8. The van der Waals surface area contributed by atoms with Crippen LogP contribution in [0, 0.1) is 18.8 Å². The van der Waals surface area contributed by atoms with Crippen LogP contribution in [-0.4, -0.2) is 59.9 Å². The van der Waals surface area contributed by atoms with E-state index in [1.807, 2.05) is 30.9 Å². The Morgan fingerprint density at radius 1 is 1.52 bits per heavy atom. The maximum absolute atomic E-state index is 11.8. The van der Waals surface area contributed by atoms with Crippen LogP contribution in [0.1, 0.15) is 19.4 Å². The minimum absolute atomic E-state index is 0.0855. The van der Waals surface area contributed by atoms with Crippen molar-refractivity contribution in [1.29, 1.82) is 0 Å². The van der Waals surface area contributed by atoms with Gasteiger partial charge in [0.25, 0.3) is 0 Å². The minimum Gasteiger partial charge on any atom is -0.469 e. The summed E-state index contributed by atoms with van der Waals surface area (Å²) in [7, 11) is 1.45. The van der Waals surface area contributed by atoms with Crippen molar-refractivity contribution < 1.29 is 9.53 Å². The maximum Gasteiger partial charge on any atom is 0.310 e. The van der Waals surface area contributed by atoms with Gasteiger partial charge in [0.2, 0.25) is 0 Å². The van der Waals surface area contributed by atoms with Crippen LogP contribution >= 0.6 is 0 Å². The molecule has 0 spiro atoms. The van der Waals surface area contributed by atoms with Gasteiger partial charge in [0.1, 0.15) is 0 Å². The predicted molar refractivity (Wildman–Crippen MR) is 89.2 cm³/mol. The van der Waals surface area contributed by atoms with Crippen LogP contribution < -0.4 is 5.32 Å². The SMILES string of the molecule is CCNC(=NCCn1cc(C)cn1)N1CC(C)C(C(=O)OC)C1. The van der Waals surface area contributed by atoms with E-state index in [1.165, 1.54) is 7.11 Å². The number of esters is 1. The van der Waals surface area contributed by atoms with Crippen LogP contribution in [0.2, 0.25) is 0 Å². The summed E-state index contributed by atoms with van der Waals surface area (Å²) in [6.45, 7) is 9.81. The maximum atomic E-state index is 11.8. The van der Waals surface area contributed by atoms with Gasteiger partial charge in [0.15, 0.2) is 5.96 Å². The average Bonchev–Trinajstić information content (AvgIpc) is 3.11. The van der Waals surface area contributed by atoms with Crippen molar-refractivity contribution in [1.82, 2.24) is 20.0 Å². The lowest BCUT2D eigenvalue weighted by molar-refractivity contribution is -0.145. The van der Waals surface area contributed by atoms with E-state index in [0.29, 0.717) is 13.1 Å². The molecule has 0 amide bonds. The molecular formula is C16H27N5O2. The molecule has 2 atom stereocenters. The third-order valence-corrected chi connectivity index (χ3v) is 4.10. The Hall–Kier alpha value is -2.05. The normalized spacial score (nSPS) is 21.6. The van der Waals surface area contributed by atoms with Gasteiger partial charge < -0.3 is 15.0 Å². The van der Waals surface area contributed by atoms with Crippen molar-refractivity contribution in [3.05, 3.63) is 18.0 Å². The monoisotopic (exact) mass is 321 g/mol. The highest BCUT2D eigenvalue weighted by molar-refractivity contribution is 5.82. The fraction of sp³-hybridized carbons (Fsp3) is 0.688. The van der Waals surface area contributed by atoms with Gasteiger partial charge in [-0.15, -0.1) is 0 Å². The zero-order valence-corrected chi connectivity index (χ0v) is 14.5. The van der Waals surface area contributed by atoms with Crippen molar-refractivity contribution in [2.45, 2.75) is 27.3 Å². The quantitative estimate of drug-likeness (QED) is 0.495. The second-order valence-corrected chi connectivity index (χ2v) is 6.03. The van der Waals surface area contributed by atoms with Gasteiger partial charge in [-0.05, 0) is 25.3 Å². The molecule has 2 heterocycles. The number of nitrogens with zero attached hydrogens (tertiary/aromatic N) is 4. The first-order valence-corrected chi connectivity index (χ1v) is 8.15. The number of guanidine groups is 1. The number of aliphatic imine (C=N–C) groups is 1. The topological polar surface area (TPSA) is 71.8 Å². The molecule has 1 aromatic heterocycles. The molecule has 7 nitrogen and oxygen atoms in total. The van der Waals surface area contributed by atoms with Crippen LogP contribution in [0.5, 0.6) is 0 Å². The number of hydrogen-bond donors (Lipinski definition) is 1. The summed E-state index contributed by atoms with van der Waals surface area (Å²) in [5.74, 6) is 0.898. The van der Waals surface area contributed by atoms with Crippen LogP contribution in [0.4, 0.5) is 0 Å². The number of ether oxygens (including phenoxy) is 1. The van der Waals surface area contributed by atoms with Crippen molar-refractivity contribution >= 4 is 11.9 Å². The molecule has 128 valence electrons. The Morgan fingerprint density at radius 3 is 2.91 bits per heavy atom. The lowest BCUT2D eigenvalue weighted by Crippen LogP contribution is -2.40. The van der Waals surface area contributed by atoms with E-state index in [-0.39, 0.29) is 17.8 Å². The third-order valence-electron chi connectivity index (χ3n) is 4.10. The summed E-state index contributed by atoms with van der Waals surface area (Å²) < 4.78 is 6.79. The first-order chi connectivity index (χ1) is 11.0. The number of nitrogens with one attached hydrogen (secondary N) is 1. The van der Waals surface area contributed by atoms with Crippen LogP contribution in [0.3, 0.4) is 0 Å². The van der Waals surface area contributed by atoms with Crippen LogP contribution in [0.25, 0.3) is 0 Å². The first kappa shape index (κ1) is 17.3. The van der Waals surface area contributed by atoms with E-state index in [4.69, 9.17) is 4.74 Å². The molecule has 1 fully saturated rings. The van der Waals surface area contributed by atoms with E-state index in [9.17, 15) is 4.79 Å². The van der Waals surface area contributed by atoms with Crippen LogP contribution in [-0.2, 0) is 16.1 Å². The fourth-order valence-corrected chi connectivity index (χ4v) is 2.87. The Morgan fingerprint density at radius 2 is 2.30 bits per heavy atom. The van der Waals surface area contributed by atoms with E-state index in [2.05, 4.69) is 27.2 Å². The van der Waals surface area contributed by atoms with E-state index < -0.39 is 0 Å². The Labute approximate surface area is 137 Å². The summed E-state index contributed by atoms with van der Waals surface area (Å²) in [5.41, 5.74) is 1.15. The molecule has 1 saturated heterocycles. The third kappa shape index (κ3) is 4.46. The molecule has 7 heteroatoms. The summed E-state index contributed by atoms with van der Waals surface area (Å²) in [4.78, 5) is 18.6. The standard InChI is InChI=1S/C16H27N5O2/c1-5-17-16(18-6-7-21-9-12(2)8-19-21)20-10-13(3)14(11-20)15(22)23-4/h8-9,13-14H,5-7,10-11H2,1-4H3,(H,17,18). The number of carbonyl (C=O) groups is 1. The lowest BCUT2D eigenvalue weighted by Gasteiger charge is -2.21. The molecule has 1 aromatic rings. The second-order valence-electron chi connectivity index (χ2n) is 6.03. The van der Waals surface area contributed by atoms with Gasteiger partial charge in [-0.25, -0.2) is 0 Å². The van der Waals surface area contributed by atoms with Crippen molar-refractivity contribution in [3.8, 4) is 0 Å². The molecule has 1 aliphatic heterocycles. The highest BCUT2D eigenvalue weighted by Crippen LogP contribution is 2.24. The molecule has 0 aliphatic carbocycles. The van der Waals surface area contributed by atoms with Crippen LogP contribution in [0.15, 0.2) is 17.4 Å². The molecule has 0 saturated carbocycles. The Bertz CT molecular complexity index is 554. The van der Waals surface area contributed by atoms with Crippen molar-refractivity contribution in [2.24, 2.45) is 16.8 Å². The number of carbonyl (C=O) groups excluding carboxylic acids is 1. The molecule has 0 radical (unpaired) electrons. The van der Waals surface area contributed by atoms with Gasteiger partial charge in [0.05, 0.1) is 32.3 Å². The van der Waals surface area contributed by atoms with Gasteiger partial charge in [-0.1, -0.05) is 6.92 Å². The lowest BCUT2D eigenvalue weighted by atomic mass is 9.99. The molecule has 1 N–H and O–H groups in total. The van der Waals surface area contributed by atoms with Crippen molar-refractivity contribution in [3.63, 3.8) is 0 Å². The molecule has 2 rings (SSSR count). The summed E-state index contributed by atoms with van der Waals surface area (Å²) in [6.07, 6.45) is 3.85. The summed E-state index contributed by atoms with van der Waals surface area (Å²) >= 11 is 0. The minimum atomic E-state index is -0.136. The number of rotatable bonds is 5. The van der Waals surface area contributed by atoms with Gasteiger partial charge in [-0.2, -0.15) is 5.10 Å². The number of aromatic nitrogens is 2. The average molecular weight is 321 g/mol. The van der Waals surface area contributed by atoms with E-state index in [0.717, 1.165) is 31.2 Å². The zero-order valence-electron chi connectivity index (χ0n) is 14.5. The Balaban J connectivity index is 1.97. The predicted octanol–water partition coefficient (Wildman–Crippen LogP) is 0.898. The Kier molecular flexibility index (Phi) is 6.01.